The Kier molecular flexibility index (Phi) is 36.5. The largest absolute Gasteiger partial charge is 0.465 e. The standard InChI is InChI=1S/C46H86O11/c1-5-9-13-17-21-25-29-41(49)54-37-45(33-47,38-55-42(50)30-26-22-18-14-10-6-2)35-53-36-46(34-48,39-56-43(51)31-27-23-19-15-11-7-3)40-57-44(52)32-28-24-20-16-12-8-4/h47-48H,5-40H2,1-4H3. The summed E-state index contributed by atoms with van der Waals surface area (Å²) in [6.45, 7) is 6.26. The maximum atomic E-state index is 12.8. The molecule has 0 aromatic rings. The van der Waals surface area contributed by atoms with Crippen molar-refractivity contribution in [2.75, 3.05) is 52.9 Å². The first kappa shape index (κ1) is 54.8. The van der Waals surface area contributed by atoms with E-state index in [4.69, 9.17) is 23.7 Å². The van der Waals surface area contributed by atoms with E-state index >= 15 is 0 Å². The summed E-state index contributed by atoms with van der Waals surface area (Å²) in [7, 11) is 0. The third-order valence-electron chi connectivity index (χ3n) is 10.6. The fourth-order valence-corrected chi connectivity index (χ4v) is 6.43. The van der Waals surface area contributed by atoms with Crippen LogP contribution in [0.4, 0.5) is 0 Å². The molecule has 0 saturated carbocycles. The van der Waals surface area contributed by atoms with Crippen molar-refractivity contribution in [2.24, 2.45) is 10.8 Å². The molecule has 2 N–H and O–H groups in total. The molecule has 0 heterocycles. The molecule has 11 heteroatoms. The van der Waals surface area contributed by atoms with Crippen molar-refractivity contribution in [3.63, 3.8) is 0 Å². The zero-order valence-electron chi connectivity index (χ0n) is 37.0. The SMILES string of the molecule is CCCCCCCCC(=O)OCC(CO)(COCC(CO)(COC(=O)CCCCCCCC)COC(=O)CCCCCCCC)COC(=O)CCCCCCCC. The van der Waals surface area contributed by atoms with Gasteiger partial charge in [-0.15, -0.1) is 0 Å². The Bertz CT molecular complexity index is 845. The van der Waals surface area contributed by atoms with Crippen molar-refractivity contribution in [1.82, 2.24) is 0 Å². The molecule has 0 aromatic carbocycles. The highest BCUT2D eigenvalue weighted by Crippen LogP contribution is 2.25. The average molecular weight is 815 g/mol. The number of ether oxygens (including phenoxy) is 5. The van der Waals surface area contributed by atoms with E-state index in [9.17, 15) is 29.4 Å². The third-order valence-corrected chi connectivity index (χ3v) is 10.6. The maximum Gasteiger partial charge on any atom is 0.305 e. The Balaban J connectivity index is 5.69. The summed E-state index contributed by atoms with van der Waals surface area (Å²) < 4.78 is 28.7. The highest BCUT2D eigenvalue weighted by Gasteiger charge is 2.38. The fourth-order valence-electron chi connectivity index (χ4n) is 6.43. The number of carbonyl (C=O) groups excluding carboxylic acids is 4. The zero-order chi connectivity index (χ0) is 42.3. The van der Waals surface area contributed by atoms with Gasteiger partial charge in [0.15, 0.2) is 0 Å². The van der Waals surface area contributed by atoms with E-state index in [1.807, 2.05) is 0 Å². The van der Waals surface area contributed by atoms with Gasteiger partial charge in [0.2, 0.25) is 0 Å². The van der Waals surface area contributed by atoms with E-state index < -0.39 is 47.9 Å². The second kappa shape index (κ2) is 38.0. The van der Waals surface area contributed by atoms with Crippen LogP contribution in [0.1, 0.15) is 207 Å². The van der Waals surface area contributed by atoms with E-state index in [0.717, 1.165) is 103 Å². The summed E-state index contributed by atoms with van der Waals surface area (Å²) in [4.78, 5) is 51.0. The average Bonchev–Trinajstić information content (AvgIpc) is 3.21. The molecule has 0 radical (unpaired) electrons. The van der Waals surface area contributed by atoms with E-state index in [1.165, 1.54) is 25.7 Å². The van der Waals surface area contributed by atoms with E-state index in [0.29, 0.717) is 25.7 Å². The lowest BCUT2D eigenvalue weighted by Crippen LogP contribution is -2.46. The highest BCUT2D eigenvalue weighted by molar-refractivity contribution is 5.70. The van der Waals surface area contributed by atoms with Crippen molar-refractivity contribution in [1.29, 1.82) is 0 Å². The van der Waals surface area contributed by atoms with Crippen molar-refractivity contribution in [2.45, 2.75) is 207 Å². The van der Waals surface area contributed by atoms with Crippen LogP contribution in [-0.2, 0) is 42.9 Å². The summed E-state index contributed by atoms with van der Waals surface area (Å²) in [6, 6.07) is 0. The maximum absolute atomic E-state index is 12.8. The van der Waals surface area contributed by atoms with Crippen LogP contribution in [0.5, 0.6) is 0 Å². The number of aliphatic hydroxyl groups excluding tert-OH is 2. The minimum atomic E-state index is -1.28. The molecular formula is C46H86O11. The molecule has 0 aliphatic heterocycles. The number of esters is 4. The van der Waals surface area contributed by atoms with Crippen molar-refractivity contribution < 1.29 is 53.1 Å². The number of hydrogen-bond donors (Lipinski definition) is 2. The van der Waals surface area contributed by atoms with Crippen LogP contribution < -0.4 is 0 Å². The zero-order valence-corrected chi connectivity index (χ0v) is 37.0. The minimum Gasteiger partial charge on any atom is -0.465 e. The molecule has 0 atom stereocenters. The van der Waals surface area contributed by atoms with Gasteiger partial charge in [0, 0.05) is 25.7 Å². The van der Waals surface area contributed by atoms with Gasteiger partial charge in [-0.25, -0.2) is 0 Å². The predicted octanol–water partition coefficient (Wildman–Crippen LogP) is 10.1. The van der Waals surface area contributed by atoms with Crippen molar-refractivity contribution in [3.05, 3.63) is 0 Å². The molecule has 57 heavy (non-hydrogen) atoms. The number of aliphatic hydroxyl groups is 2. The van der Waals surface area contributed by atoms with Gasteiger partial charge >= 0.3 is 23.9 Å². The molecule has 0 saturated heterocycles. The minimum absolute atomic E-state index is 0.197. The Morgan fingerprint density at radius 3 is 0.754 bits per heavy atom. The Labute approximate surface area is 347 Å². The van der Waals surface area contributed by atoms with E-state index in [-0.39, 0.29) is 65.3 Å². The smallest absolute Gasteiger partial charge is 0.305 e. The molecule has 0 rings (SSSR count). The first-order valence-electron chi connectivity index (χ1n) is 23.1. The first-order valence-corrected chi connectivity index (χ1v) is 23.1. The van der Waals surface area contributed by atoms with Crippen molar-refractivity contribution >= 4 is 23.9 Å². The Morgan fingerprint density at radius 1 is 0.333 bits per heavy atom. The summed E-state index contributed by atoms with van der Waals surface area (Å²) in [5.41, 5.74) is -2.56. The summed E-state index contributed by atoms with van der Waals surface area (Å²) in [5.74, 6) is -1.61. The van der Waals surface area contributed by atoms with E-state index in [1.54, 1.807) is 0 Å². The van der Waals surface area contributed by atoms with Crippen LogP contribution in [0.15, 0.2) is 0 Å². The monoisotopic (exact) mass is 815 g/mol. The summed E-state index contributed by atoms with van der Waals surface area (Å²) in [6.07, 6.45) is 25.5. The fraction of sp³-hybridized carbons (Fsp3) is 0.913. The van der Waals surface area contributed by atoms with Gasteiger partial charge in [0.25, 0.3) is 0 Å². The molecule has 0 spiro atoms. The third kappa shape index (κ3) is 31.4. The van der Waals surface area contributed by atoms with Crippen LogP contribution in [0, 0.1) is 10.8 Å². The van der Waals surface area contributed by atoms with Gasteiger partial charge in [-0.3, -0.25) is 19.2 Å². The Morgan fingerprint density at radius 2 is 0.544 bits per heavy atom. The Hall–Kier alpha value is -2.24. The van der Waals surface area contributed by atoms with Gasteiger partial charge in [0.1, 0.15) is 26.4 Å². The number of unbranched alkanes of at least 4 members (excludes halogenated alkanes) is 20. The lowest BCUT2D eigenvalue weighted by atomic mass is 9.90. The van der Waals surface area contributed by atoms with Crippen LogP contribution in [0.2, 0.25) is 0 Å². The van der Waals surface area contributed by atoms with Crippen LogP contribution in [0.25, 0.3) is 0 Å². The van der Waals surface area contributed by atoms with Gasteiger partial charge in [-0.1, -0.05) is 156 Å². The van der Waals surface area contributed by atoms with Gasteiger partial charge < -0.3 is 33.9 Å². The first-order chi connectivity index (χ1) is 27.6. The van der Waals surface area contributed by atoms with Gasteiger partial charge in [-0.2, -0.15) is 0 Å². The predicted molar refractivity (Wildman–Crippen MR) is 226 cm³/mol. The number of hydrogen-bond acceptors (Lipinski definition) is 11. The summed E-state index contributed by atoms with van der Waals surface area (Å²) >= 11 is 0. The highest BCUT2D eigenvalue weighted by atomic mass is 16.6. The molecule has 0 bridgehead atoms. The van der Waals surface area contributed by atoms with Crippen LogP contribution in [0.3, 0.4) is 0 Å². The van der Waals surface area contributed by atoms with Gasteiger partial charge in [-0.05, 0) is 25.7 Å². The lowest BCUT2D eigenvalue weighted by Gasteiger charge is -2.34. The molecule has 0 fully saturated rings. The van der Waals surface area contributed by atoms with Crippen LogP contribution in [-0.4, -0.2) is 86.9 Å². The van der Waals surface area contributed by atoms with Gasteiger partial charge in [0.05, 0.1) is 37.3 Å². The lowest BCUT2D eigenvalue weighted by molar-refractivity contribution is -0.168. The molecule has 0 unspecified atom stereocenters. The molecule has 0 aliphatic carbocycles. The molecule has 11 nitrogen and oxygen atoms in total. The molecular weight excluding hydrogens is 728 g/mol. The quantitative estimate of drug-likeness (QED) is 0.0344. The molecule has 0 aromatic heterocycles. The number of rotatable bonds is 42. The summed E-state index contributed by atoms with van der Waals surface area (Å²) in [5, 5.41) is 21.4. The van der Waals surface area contributed by atoms with E-state index in [2.05, 4.69) is 27.7 Å². The molecule has 0 amide bonds. The second-order valence-electron chi connectivity index (χ2n) is 16.5. The molecule has 336 valence electrons. The normalized spacial score (nSPS) is 11.8. The molecule has 0 aliphatic rings. The van der Waals surface area contributed by atoms with Crippen molar-refractivity contribution in [3.8, 4) is 0 Å². The number of carbonyl (C=O) groups is 4. The topological polar surface area (TPSA) is 155 Å². The second-order valence-corrected chi connectivity index (χ2v) is 16.5. The van der Waals surface area contributed by atoms with Crippen LogP contribution >= 0.6 is 0 Å².